The lowest BCUT2D eigenvalue weighted by Crippen LogP contribution is -3.00. The smallest absolute Gasteiger partial charge is 0.258 e. The molecule has 5 rings (SSSR count). The highest BCUT2D eigenvalue weighted by atomic mass is 127. The molecule has 0 amide bonds. The van der Waals surface area contributed by atoms with Crippen molar-refractivity contribution in [2.45, 2.75) is 6.42 Å². The third-order valence-electron chi connectivity index (χ3n) is 4.89. The maximum absolute atomic E-state index is 13.4. The summed E-state index contributed by atoms with van der Waals surface area (Å²) in [4.78, 5) is 13.4. The summed E-state index contributed by atoms with van der Waals surface area (Å²) in [5.74, 6) is 2.55. The topological polar surface area (TPSA) is 57.0 Å². The van der Waals surface area contributed by atoms with Gasteiger partial charge in [0.25, 0.3) is 11.5 Å². The second-order valence-electron chi connectivity index (χ2n) is 6.37. The van der Waals surface area contributed by atoms with E-state index in [0.29, 0.717) is 33.0 Å². The van der Waals surface area contributed by atoms with Gasteiger partial charge >= 0.3 is 0 Å². The van der Waals surface area contributed by atoms with E-state index in [1.807, 2.05) is 23.8 Å². The van der Waals surface area contributed by atoms with Gasteiger partial charge in [0.05, 0.1) is 10.0 Å². The lowest BCUT2D eigenvalue weighted by Gasteiger charge is -2.17. The molecule has 0 N–H and O–H groups in total. The van der Waals surface area contributed by atoms with Crippen LogP contribution in [0.5, 0.6) is 23.0 Å². The number of rotatable bonds is 2. The van der Waals surface area contributed by atoms with Gasteiger partial charge in [-0.3, -0.25) is 4.79 Å². The van der Waals surface area contributed by atoms with Crippen molar-refractivity contribution >= 4 is 27.4 Å². The molecule has 3 heterocycles. The van der Waals surface area contributed by atoms with Crippen LogP contribution in [0.2, 0.25) is 0 Å². The average Bonchev–Trinajstić information content (AvgIpc) is 3.28. The first kappa shape index (κ1) is 18.5. The Balaban J connectivity index is 0.00000180. The highest BCUT2D eigenvalue weighted by molar-refractivity contribution is 9.10. The van der Waals surface area contributed by atoms with Crippen LogP contribution in [0.25, 0.3) is 0 Å². The van der Waals surface area contributed by atoms with Crippen molar-refractivity contribution in [1.29, 1.82) is 0 Å². The largest absolute Gasteiger partial charge is 1.00 e. The standard InChI is InChI=1S/C19H15BrNO5.HI/c1-21-5-4-10-6-14-15(25-8-24-14)7-12(10)17(21)18(22)11-2-3-13-19(16(11)20)26-9-23-13;/h2-3,6-7H,4-5,8-9H2,1H3;1H/q+1;/p-1. The highest BCUT2D eigenvalue weighted by Gasteiger charge is 2.35. The van der Waals surface area contributed by atoms with E-state index in [9.17, 15) is 4.79 Å². The molecule has 0 spiro atoms. The average molecular weight is 544 g/mol. The van der Waals surface area contributed by atoms with Gasteiger partial charge in [-0.15, -0.1) is 0 Å². The Bertz CT molecular complexity index is 1000. The highest BCUT2D eigenvalue weighted by Crippen LogP contribution is 2.42. The molecule has 0 unspecified atom stereocenters. The Morgan fingerprint density at radius 1 is 1.04 bits per heavy atom. The molecule has 0 bridgehead atoms. The van der Waals surface area contributed by atoms with Gasteiger partial charge in [-0.2, -0.15) is 0 Å². The number of nitrogens with zero attached hydrogens (tertiary/aromatic N) is 1. The summed E-state index contributed by atoms with van der Waals surface area (Å²) in [6, 6.07) is 7.42. The first-order chi connectivity index (χ1) is 12.6. The Labute approximate surface area is 181 Å². The fraction of sp³-hybridized carbons (Fsp3) is 0.263. The van der Waals surface area contributed by atoms with E-state index >= 15 is 0 Å². The molecule has 0 atom stereocenters. The molecule has 0 aromatic heterocycles. The zero-order chi connectivity index (χ0) is 17.8. The minimum atomic E-state index is -0.0718. The third kappa shape index (κ3) is 2.89. The quantitative estimate of drug-likeness (QED) is 0.298. The Morgan fingerprint density at radius 2 is 1.74 bits per heavy atom. The van der Waals surface area contributed by atoms with Gasteiger partial charge in [0, 0.05) is 12.0 Å². The normalized spacial score (nSPS) is 16.1. The fourth-order valence-electron chi connectivity index (χ4n) is 3.55. The first-order valence-electron chi connectivity index (χ1n) is 8.27. The third-order valence-corrected chi connectivity index (χ3v) is 5.68. The number of fused-ring (bicyclic) bond motifs is 3. The molecule has 27 heavy (non-hydrogen) atoms. The number of halogens is 2. The number of carbonyl (C=O) groups excluding carboxylic acids is 1. The summed E-state index contributed by atoms with van der Waals surface area (Å²) in [5.41, 5.74) is 3.16. The number of benzene rings is 2. The molecule has 8 heteroatoms. The molecule has 3 aliphatic heterocycles. The monoisotopic (exact) mass is 543 g/mol. The van der Waals surface area contributed by atoms with Gasteiger partial charge in [0.15, 0.2) is 23.0 Å². The number of hydrogen-bond donors (Lipinski definition) is 0. The van der Waals surface area contributed by atoms with Crippen molar-refractivity contribution in [2.75, 3.05) is 27.2 Å². The molecule has 0 aliphatic carbocycles. The number of ketones is 1. The van der Waals surface area contributed by atoms with Crippen LogP contribution in [0.4, 0.5) is 0 Å². The van der Waals surface area contributed by atoms with Crippen LogP contribution in [-0.4, -0.2) is 43.2 Å². The SMILES string of the molecule is C[N+]1=C(C(=O)c2ccc3c(c2Br)OCO3)c2cc3c(cc2CC1)OCO3.[I-]. The molecular formula is C19H15BrINO5. The summed E-state index contributed by atoms with van der Waals surface area (Å²) in [5, 5.41) is 0. The predicted octanol–water partition coefficient (Wildman–Crippen LogP) is -0.219. The van der Waals surface area contributed by atoms with Crippen molar-refractivity contribution in [1.82, 2.24) is 0 Å². The van der Waals surface area contributed by atoms with E-state index in [1.165, 1.54) is 0 Å². The molecule has 2 aromatic rings. The number of likely N-dealkylation sites (N-methyl/N-ethyl adjacent to an activating group) is 1. The molecule has 0 saturated carbocycles. The van der Waals surface area contributed by atoms with E-state index in [0.717, 1.165) is 29.8 Å². The van der Waals surface area contributed by atoms with Crippen LogP contribution in [0.1, 0.15) is 21.5 Å². The molecule has 3 aliphatic rings. The summed E-state index contributed by atoms with van der Waals surface area (Å²) in [6.07, 6.45) is 0.849. The van der Waals surface area contributed by atoms with E-state index < -0.39 is 0 Å². The van der Waals surface area contributed by atoms with Crippen LogP contribution in [0.15, 0.2) is 28.7 Å². The molecule has 0 fully saturated rings. The first-order valence-corrected chi connectivity index (χ1v) is 9.06. The maximum atomic E-state index is 13.4. The summed E-state index contributed by atoms with van der Waals surface area (Å²) < 4.78 is 24.4. The van der Waals surface area contributed by atoms with Gasteiger partial charge < -0.3 is 42.9 Å². The van der Waals surface area contributed by atoms with Crippen LogP contribution in [0.3, 0.4) is 0 Å². The zero-order valence-corrected chi connectivity index (χ0v) is 18.1. The van der Waals surface area contributed by atoms with Crippen LogP contribution < -0.4 is 42.9 Å². The van der Waals surface area contributed by atoms with Crippen molar-refractivity contribution in [3.05, 3.63) is 45.4 Å². The molecule has 0 saturated heterocycles. The Hall–Kier alpha value is -1.81. The van der Waals surface area contributed by atoms with Gasteiger partial charge in [-0.25, -0.2) is 4.58 Å². The van der Waals surface area contributed by atoms with Gasteiger partial charge in [0.2, 0.25) is 13.6 Å². The van der Waals surface area contributed by atoms with Crippen LogP contribution >= 0.6 is 15.9 Å². The van der Waals surface area contributed by atoms with Crippen LogP contribution in [-0.2, 0) is 6.42 Å². The van der Waals surface area contributed by atoms with E-state index in [1.54, 1.807) is 12.1 Å². The second-order valence-corrected chi connectivity index (χ2v) is 7.17. The fourth-order valence-corrected chi connectivity index (χ4v) is 4.18. The molecular weight excluding hydrogens is 529 g/mol. The van der Waals surface area contributed by atoms with Crippen molar-refractivity contribution in [2.24, 2.45) is 0 Å². The van der Waals surface area contributed by atoms with Crippen molar-refractivity contribution < 1.29 is 52.3 Å². The lowest BCUT2D eigenvalue weighted by atomic mass is 9.91. The number of Topliss-reactive ketones (excluding diaryl/α,β-unsaturated/α-hetero) is 1. The van der Waals surface area contributed by atoms with Gasteiger partial charge in [-0.05, 0) is 45.8 Å². The van der Waals surface area contributed by atoms with Crippen LogP contribution in [0, 0.1) is 0 Å². The number of hydrogen-bond acceptors (Lipinski definition) is 5. The molecule has 6 nitrogen and oxygen atoms in total. The Kier molecular flexibility index (Phi) is 4.79. The van der Waals surface area contributed by atoms with Crippen molar-refractivity contribution in [3.63, 3.8) is 0 Å². The predicted molar refractivity (Wildman–Crippen MR) is 96.0 cm³/mol. The number of ether oxygens (including phenoxy) is 4. The minimum Gasteiger partial charge on any atom is -1.00 e. The summed E-state index contributed by atoms with van der Waals surface area (Å²) in [6.45, 7) is 1.13. The zero-order valence-electron chi connectivity index (χ0n) is 14.4. The second kappa shape index (κ2) is 6.97. The Morgan fingerprint density at radius 3 is 2.56 bits per heavy atom. The lowest BCUT2D eigenvalue weighted by molar-refractivity contribution is -0.496. The maximum Gasteiger partial charge on any atom is 0.258 e. The van der Waals surface area contributed by atoms with E-state index in [2.05, 4.69) is 15.9 Å². The van der Waals surface area contributed by atoms with Crippen molar-refractivity contribution in [3.8, 4) is 23.0 Å². The number of carbonyl (C=O) groups is 1. The summed E-state index contributed by atoms with van der Waals surface area (Å²) >= 11 is 3.51. The minimum absolute atomic E-state index is 0. The van der Waals surface area contributed by atoms with E-state index in [-0.39, 0.29) is 43.3 Å². The van der Waals surface area contributed by atoms with E-state index in [4.69, 9.17) is 18.9 Å². The van der Waals surface area contributed by atoms with Gasteiger partial charge in [-0.1, -0.05) is 0 Å². The molecule has 0 radical (unpaired) electrons. The molecule has 2 aromatic carbocycles. The summed E-state index contributed by atoms with van der Waals surface area (Å²) in [7, 11) is 1.93. The van der Waals surface area contributed by atoms with Gasteiger partial charge in [0.1, 0.15) is 13.6 Å². The molecule has 140 valence electrons.